The van der Waals surface area contributed by atoms with Crippen LogP contribution in [0.4, 0.5) is 5.95 Å². The number of thiophene rings is 1. The number of hydrogen-bond donors (Lipinski definition) is 1. The van der Waals surface area contributed by atoms with Gasteiger partial charge in [-0.05, 0) is 44.0 Å². The SMILES string of the molecule is CCOC(=O)c1ccc(-c2ccc(-c3nc(C)c4c(n3)sc3c(OCC)nc(N5CCNCC5)nc34)cc2)cc1. The zero-order chi connectivity index (χ0) is 27.6. The van der Waals surface area contributed by atoms with E-state index in [-0.39, 0.29) is 5.97 Å². The summed E-state index contributed by atoms with van der Waals surface area (Å²) in [5.74, 6) is 1.64. The Morgan fingerprint density at radius 3 is 2.25 bits per heavy atom. The first-order valence-corrected chi connectivity index (χ1v) is 14.3. The number of piperazine rings is 1. The van der Waals surface area contributed by atoms with Crippen LogP contribution >= 0.6 is 11.3 Å². The van der Waals surface area contributed by atoms with Crippen molar-refractivity contribution < 1.29 is 14.3 Å². The highest BCUT2D eigenvalue weighted by molar-refractivity contribution is 7.25. The van der Waals surface area contributed by atoms with Crippen molar-refractivity contribution in [3.8, 4) is 28.4 Å². The van der Waals surface area contributed by atoms with Crippen molar-refractivity contribution in [1.82, 2.24) is 25.3 Å². The smallest absolute Gasteiger partial charge is 0.338 e. The van der Waals surface area contributed by atoms with E-state index in [0.29, 0.717) is 36.4 Å². The first-order chi connectivity index (χ1) is 19.6. The average Bonchev–Trinajstić information content (AvgIpc) is 3.37. The van der Waals surface area contributed by atoms with Gasteiger partial charge in [0, 0.05) is 31.7 Å². The lowest BCUT2D eigenvalue weighted by molar-refractivity contribution is 0.0526. The molecule has 1 aliphatic rings. The van der Waals surface area contributed by atoms with Crippen molar-refractivity contribution in [1.29, 1.82) is 0 Å². The molecule has 1 fully saturated rings. The highest BCUT2D eigenvalue weighted by atomic mass is 32.1. The number of aromatic nitrogens is 4. The summed E-state index contributed by atoms with van der Waals surface area (Å²) in [6.45, 7) is 10.2. The van der Waals surface area contributed by atoms with Gasteiger partial charge in [-0.25, -0.2) is 19.7 Å². The number of esters is 1. The molecule has 0 bridgehead atoms. The van der Waals surface area contributed by atoms with E-state index in [1.54, 1.807) is 30.4 Å². The molecule has 0 spiro atoms. The monoisotopic (exact) mass is 554 g/mol. The van der Waals surface area contributed by atoms with E-state index in [1.165, 1.54) is 0 Å². The topological polar surface area (TPSA) is 102 Å². The molecule has 0 radical (unpaired) electrons. The number of aryl methyl sites for hydroxylation is 1. The molecular formula is C30H30N6O3S. The maximum atomic E-state index is 12.0. The highest BCUT2D eigenvalue weighted by Crippen LogP contribution is 2.39. The number of fused-ring (bicyclic) bond motifs is 3. The van der Waals surface area contributed by atoms with Gasteiger partial charge in [0.25, 0.3) is 0 Å². The van der Waals surface area contributed by atoms with Gasteiger partial charge in [-0.15, -0.1) is 11.3 Å². The van der Waals surface area contributed by atoms with Crippen LogP contribution < -0.4 is 15.0 Å². The number of anilines is 1. The third kappa shape index (κ3) is 4.96. The predicted octanol–water partition coefficient (Wildman–Crippen LogP) is 5.26. The van der Waals surface area contributed by atoms with Gasteiger partial charge in [0.2, 0.25) is 11.8 Å². The summed E-state index contributed by atoms with van der Waals surface area (Å²) in [5.41, 5.74) is 5.23. The number of nitrogens with one attached hydrogen (secondary N) is 1. The number of ether oxygens (including phenoxy) is 2. The maximum Gasteiger partial charge on any atom is 0.338 e. The molecule has 1 aliphatic heterocycles. The highest BCUT2D eigenvalue weighted by Gasteiger charge is 2.22. The summed E-state index contributed by atoms with van der Waals surface area (Å²) >= 11 is 1.54. The summed E-state index contributed by atoms with van der Waals surface area (Å²) in [6.07, 6.45) is 0. The van der Waals surface area contributed by atoms with Crippen LogP contribution in [0, 0.1) is 6.92 Å². The molecule has 3 aromatic heterocycles. The van der Waals surface area contributed by atoms with Crippen LogP contribution in [0.5, 0.6) is 5.88 Å². The lowest BCUT2D eigenvalue weighted by Crippen LogP contribution is -2.44. The molecule has 0 amide bonds. The minimum atomic E-state index is -0.312. The van der Waals surface area contributed by atoms with E-state index in [1.807, 2.05) is 50.2 Å². The van der Waals surface area contributed by atoms with Crippen LogP contribution in [0.1, 0.15) is 29.9 Å². The second-order valence-electron chi connectivity index (χ2n) is 9.47. The number of carbonyl (C=O) groups is 1. The zero-order valence-electron chi connectivity index (χ0n) is 22.7. The van der Waals surface area contributed by atoms with E-state index in [2.05, 4.69) is 10.2 Å². The van der Waals surface area contributed by atoms with Gasteiger partial charge in [0.05, 0.1) is 29.9 Å². The van der Waals surface area contributed by atoms with Gasteiger partial charge < -0.3 is 19.7 Å². The first-order valence-electron chi connectivity index (χ1n) is 13.5. The quantitative estimate of drug-likeness (QED) is 0.270. The van der Waals surface area contributed by atoms with Crippen LogP contribution in [-0.4, -0.2) is 65.3 Å². The van der Waals surface area contributed by atoms with Crippen molar-refractivity contribution in [2.24, 2.45) is 0 Å². The van der Waals surface area contributed by atoms with E-state index < -0.39 is 0 Å². The molecule has 6 rings (SSSR count). The van der Waals surface area contributed by atoms with Crippen LogP contribution in [0.25, 0.3) is 42.9 Å². The molecule has 9 nitrogen and oxygen atoms in total. The van der Waals surface area contributed by atoms with E-state index >= 15 is 0 Å². The number of benzene rings is 2. The Hall–Kier alpha value is -4.15. The fraction of sp³-hybridized carbons (Fsp3) is 0.300. The van der Waals surface area contributed by atoms with Crippen molar-refractivity contribution in [2.75, 3.05) is 44.3 Å². The maximum absolute atomic E-state index is 12.0. The first kappa shape index (κ1) is 26.1. The molecule has 40 heavy (non-hydrogen) atoms. The molecule has 1 saturated heterocycles. The van der Waals surface area contributed by atoms with Crippen LogP contribution in [-0.2, 0) is 4.74 Å². The predicted molar refractivity (Wildman–Crippen MR) is 158 cm³/mol. The molecule has 5 aromatic rings. The Bertz CT molecular complexity index is 1680. The lowest BCUT2D eigenvalue weighted by atomic mass is 10.0. The Morgan fingerprint density at radius 1 is 0.900 bits per heavy atom. The lowest BCUT2D eigenvalue weighted by Gasteiger charge is -2.27. The van der Waals surface area contributed by atoms with E-state index in [4.69, 9.17) is 29.4 Å². The normalized spacial score (nSPS) is 13.6. The Kier molecular flexibility index (Phi) is 7.27. The Balaban J connectivity index is 1.34. The summed E-state index contributed by atoms with van der Waals surface area (Å²) in [5, 5.41) is 4.32. The molecule has 4 heterocycles. The molecule has 0 atom stereocenters. The summed E-state index contributed by atoms with van der Waals surface area (Å²) in [4.78, 5) is 34.6. The van der Waals surface area contributed by atoms with Gasteiger partial charge in [-0.2, -0.15) is 4.98 Å². The number of nitrogens with zero attached hydrogens (tertiary/aromatic N) is 5. The summed E-state index contributed by atoms with van der Waals surface area (Å²) in [7, 11) is 0. The van der Waals surface area contributed by atoms with Gasteiger partial charge >= 0.3 is 5.97 Å². The third-order valence-corrected chi connectivity index (χ3v) is 7.93. The molecule has 10 heteroatoms. The van der Waals surface area contributed by atoms with E-state index in [9.17, 15) is 4.79 Å². The van der Waals surface area contributed by atoms with Gasteiger partial charge in [0.1, 0.15) is 15.0 Å². The average molecular weight is 555 g/mol. The molecular weight excluding hydrogens is 524 g/mol. The second kappa shape index (κ2) is 11.1. The minimum absolute atomic E-state index is 0.312. The summed E-state index contributed by atoms with van der Waals surface area (Å²) in [6, 6.07) is 15.6. The minimum Gasteiger partial charge on any atom is -0.477 e. The number of carbonyl (C=O) groups excluding carboxylic acids is 1. The molecule has 0 saturated carbocycles. The van der Waals surface area contributed by atoms with Crippen LogP contribution in [0.3, 0.4) is 0 Å². The van der Waals surface area contributed by atoms with Crippen molar-refractivity contribution in [3.63, 3.8) is 0 Å². The molecule has 2 aromatic carbocycles. The fourth-order valence-corrected chi connectivity index (χ4v) is 5.97. The van der Waals surface area contributed by atoms with Gasteiger partial charge in [-0.3, -0.25) is 0 Å². The fourth-order valence-electron chi connectivity index (χ4n) is 4.86. The molecule has 0 aliphatic carbocycles. The Labute approximate surface area is 236 Å². The third-order valence-electron chi connectivity index (χ3n) is 6.87. The number of hydrogen-bond acceptors (Lipinski definition) is 10. The Morgan fingerprint density at radius 2 is 1.57 bits per heavy atom. The number of rotatable bonds is 7. The molecule has 1 N–H and O–H groups in total. The zero-order valence-corrected chi connectivity index (χ0v) is 23.5. The molecule has 204 valence electrons. The molecule has 0 unspecified atom stereocenters. The van der Waals surface area contributed by atoms with Crippen LogP contribution in [0.15, 0.2) is 48.5 Å². The van der Waals surface area contributed by atoms with Crippen molar-refractivity contribution in [2.45, 2.75) is 20.8 Å². The van der Waals surface area contributed by atoms with Gasteiger partial charge in [-0.1, -0.05) is 36.4 Å². The van der Waals surface area contributed by atoms with E-state index in [0.717, 1.165) is 69.0 Å². The standard InChI is InChI=1S/C30H30N6O3S/c1-4-38-27-25-24(33-30(35-27)36-16-14-31-15-17-36)23-18(3)32-26(34-28(23)40-25)21-10-6-19(7-11-21)20-8-12-22(13-9-20)29(37)39-5-2/h6-13,31H,4-5,14-17H2,1-3H3. The van der Waals surface area contributed by atoms with Crippen molar-refractivity contribution >= 4 is 43.7 Å². The summed E-state index contributed by atoms with van der Waals surface area (Å²) < 4.78 is 11.9. The van der Waals surface area contributed by atoms with Crippen LogP contribution in [0.2, 0.25) is 0 Å². The van der Waals surface area contributed by atoms with Gasteiger partial charge in [0.15, 0.2) is 5.82 Å². The van der Waals surface area contributed by atoms with Crippen molar-refractivity contribution in [3.05, 3.63) is 59.8 Å². The second-order valence-corrected chi connectivity index (χ2v) is 10.5. The largest absolute Gasteiger partial charge is 0.477 e.